The fourth-order valence-corrected chi connectivity index (χ4v) is 2.18. The SMILES string of the molecule is CC[C@H](C)C(NC)C(=O)C1CCOCC1. The third kappa shape index (κ3) is 3.28. The van der Waals surface area contributed by atoms with Crippen molar-refractivity contribution in [1.82, 2.24) is 5.32 Å². The predicted octanol–water partition coefficient (Wildman–Crippen LogP) is 1.62. The second-order valence-corrected chi connectivity index (χ2v) is 4.44. The average molecular weight is 213 g/mol. The van der Waals surface area contributed by atoms with Gasteiger partial charge in [0.25, 0.3) is 0 Å². The molecule has 1 rings (SSSR count). The Bertz CT molecular complexity index is 200. The highest BCUT2D eigenvalue weighted by Crippen LogP contribution is 2.20. The summed E-state index contributed by atoms with van der Waals surface area (Å²) in [6.45, 7) is 5.76. The number of carbonyl (C=O) groups is 1. The number of ether oxygens (including phenoxy) is 1. The molecule has 2 atom stereocenters. The van der Waals surface area contributed by atoms with Crippen molar-refractivity contribution >= 4 is 5.78 Å². The zero-order chi connectivity index (χ0) is 11.3. The molecule has 1 unspecified atom stereocenters. The van der Waals surface area contributed by atoms with E-state index in [0.29, 0.717) is 11.7 Å². The van der Waals surface area contributed by atoms with Gasteiger partial charge in [0.2, 0.25) is 0 Å². The number of hydrogen-bond acceptors (Lipinski definition) is 3. The maximum atomic E-state index is 12.2. The van der Waals surface area contributed by atoms with Crippen LogP contribution in [-0.4, -0.2) is 32.1 Å². The Morgan fingerprint density at radius 1 is 1.47 bits per heavy atom. The molecule has 1 aliphatic rings. The second kappa shape index (κ2) is 6.23. The Morgan fingerprint density at radius 3 is 2.53 bits per heavy atom. The first-order chi connectivity index (χ1) is 7.20. The molecule has 0 aliphatic carbocycles. The molecule has 3 nitrogen and oxygen atoms in total. The molecule has 0 saturated carbocycles. The van der Waals surface area contributed by atoms with Gasteiger partial charge in [0, 0.05) is 19.1 Å². The van der Waals surface area contributed by atoms with Crippen molar-refractivity contribution in [2.24, 2.45) is 11.8 Å². The van der Waals surface area contributed by atoms with Crippen LogP contribution in [0.3, 0.4) is 0 Å². The molecule has 0 aromatic heterocycles. The highest BCUT2D eigenvalue weighted by Gasteiger charge is 2.30. The lowest BCUT2D eigenvalue weighted by atomic mass is 9.85. The zero-order valence-electron chi connectivity index (χ0n) is 10.1. The zero-order valence-corrected chi connectivity index (χ0v) is 10.1. The van der Waals surface area contributed by atoms with Crippen LogP contribution in [0.15, 0.2) is 0 Å². The third-order valence-electron chi connectivity index (χ3n) is 3.45. The molecule has 1 saturated heterocycles. The predicted molar refractivity (Wildman–Crippen MR) is 60.9 cm³/mol. The van der Waals surface area contributed by atoms with E-state index in [9.17, 15) is 4.79 Å². The van der Waals surface area contributed by atoms with Crippen LogP contribution in [0, 0.1) is 11.8 Å². The fraction of sp³-hybridized carbons (Fsp3) is 0.917. The number of nitrogens with one attached hydrogen (secondary N) is 1. The maximum absolute atomic E-state index is 12.2. The number of rotatable bonds is 5. The molecule has 1 fully saturated rings. The Morgan fingerprint density at radius 2 is 2.07 bits per heavy atom. The molecule has 0 amide bonds. The van der Waals surface area contributed by atoms with Crippen LogP contribution < -0.4 is 5.32 Å². The summed E-state index contributed by atoms with van der Waals surface area (Å²) in [4.78, 5) is 12.2. The molecule has 88 valence electrons. The van der Waals surface area contributed by atoms with Gasteiger partial charge in [-0.25, -0.2) is 0 Å². The number of likely N-dealkylation sites (N-methyl/N-ethyl adjacent to an activating group) is 1. The van der Waals surface area contributed by atoms with Gasteiger partial charge in [-0.2, -0.15) is 0 Å². The largest absolute Gasteiger partial charge is 0.381 e. The Hall–Kier alpha value is -0.410. The molecule has 15 heavy (non-hydrogen) atoms. The summed E-state index contributed by atoms with van der Waals surface area (Å²) in [5.41, 5.74) is 0. The van der Waals surface area contributed by atoms with Crippen LogP contribution in [0.5, 0.6) is 0 Å². The van der Waals surface area contributed by atoms with Crippen molar-refractivity contribution in [3.63, 3.8) is 0 Å². The molecule has 1 aliphatic heterocycles. The molecule has 0 radical (unpaired) electrons. The van der Waals surface area contributed by atoms with E-state index < -0.39 is 0 Å². The molecular weight excluding hydrogens is 190 g/mol. The van der Waals surface area contributed by atoms with Crippen molar-refractivity contribution in [3.05, 3.63) is 0 Å². The number of carbonyl (C=O) groups excluding carboxylic acids is 1. The van der Waals surface area contributed by atoms with Gasteiger partial charge in [-0.15, -0.1) is 0 Å². The first-order valence-corrected chi connectivity index (χ1v) is 5.99. The molecule has 3 heteroatoms. The van der Waals surface area contributed by atoms with Crippen LogP contribution in [0.1, 0.15) is 33.1 Å². The van der Waals surface area contributed by atoms with E-state index >= 15 is 0 Å². The van der Waals surface area contributed by atoms with Crippen LogP contribution >= 0.6 is 0 Å². The van der Waals surface area contributed by atoms with Gasteiger partial charge >= 0.3 is 0 Å². The summed E-state index contributed by atoms with van der Waals surface area (Å²) in [6.07, 6.45) is 2.83. The minimum atomic E-state index is 0.0260. The van der Waals surface area contributed by atoms with Crippen molar-refractivity contribution in [2.45, 2.75) is 39.2 Å². The van der Waals surface area contributed by atoms with Gasteiger partial charge in [0.15, 0.2) is 5.78 Å². The van der Waals surface area contributed by atoms with Gasteiger partial charge in [0.05, 0.1) is 6.04 Å². The quantitative estimate of drug-likeness (QED) is 0.754. The van der Waals surface area contributed by atoms with Gasteiger partial charge in [-0.1, -0.05) is 20.3 Å². The van der Waals surface area contributed by atoms with E-state index in [2.05, 4.69) is 19.2 Å². The van der Waals surface area contributed by atoms with Crippen LogP contribution in [0.4, 0.5) is 0 Å². The van der Waals surface area contributed by atoms with Gasteiger partial charge in [-0.3, -0.25) is 4.79 Å². The van der Waals surface area contributed by atoms with Crippen LogP contribution in [0.2, 0.25) is 0 Å². The number of ketones is 1. The summed E-state index contributed by atoms with van der Waals surface area (Å²) in [6, 6.07) is 0.0260. The third-order valence-corrected chi connectivity index (χ3v) is 3.45. The lowest BCUT2D eigenvalue weighted by Gasteiger charge is -2.28. The van der Waals surface area contributed by atoms with Crippen molar-refractivity contribution in [1.29, 1.82) is 0 Å². The smallest absolute Gasteiger partial charge is 0.153 e. The van der Waals surface area contributed by atoms with E-state index in [-0.39, 0.29) is 12.0 Å². The summed E-state index contributed by atoms with van der Waals surface area (Å²) >= 11 is 0. The highest BCUT2D eigenvalue weighted by atomic mass is 16.5. The minimum absolute atomic E-state index is 0.0260. The normalized spacial score (nSPS) is 22.3. The summed E-state index contributed by atoms with van der Waals surface area (Å²) in [5.74, 6) is 1.02. The van der Waals surface area contributed by atoms with Crippen LogP contribution in [0.25, 0.3) is 0 Å². The Balaban J connectivity index is 2.54. The lowest BCUT2D eigenvalue weighted by Crippen LogP contribution is -2.44. The monoisotopic (exact) mass is 213 g/mol. The Labute approximate surface area is 92.6 Å². The highest BCUT2D eigenvalue weighted by molar-refractivity contribution is 5.86. The standard InChI is InChI=1S/C12H23NO2/c1-4-9(2)11(13-3)12(14)10-5-7-15-8-6-10/h9-11,13H,4-8H2,1-3H3/t9-,11?/m0/s1. The van der Waals surface area contributed by atoms with Gasteiger partial charge < -0.3 is 10.1 Å². The molecule has 0 aromatic rings. The molecular formula is C12H23NO2. The van der Waals surface area contributed by atoms with E-state index in [0.717, 1.165) is 32.5 Å². The van der Waals surface area contributed by atoms with E-state index in [4.69, 9.17) is 4.74 Å². The maximum Gasteiger partial charge on any atom is 0.153 e. The van der Waals surface area contributed by atoms with Gasteiger partial charge in [0.1, 0.15) is 0 Å². The Kier molecular flexibility index (Phi) is 5.26. The molecule has 1 heterocycles. The molecule has 0 spiro atoms. The van der Waals surface area contributed by atoms with E-state index in [1.165, 1.54) is 0 Å². The van der Waals surface area contributed by atoms with E-state index in [1.54, 1.807) is 0 Å². The number of Topliss-reactive ketones (excluding diaryl/α,β-unsaturated/α-hetero) is 1. The topological polar surface area (TPSA) is 38.3 Å². The van der Waals surface area contributed by atoms with Crippen molar-refractivity contribution in [3.8, 4) is 0 Å². The van der Waals surface area contributed by atoms with E-state index in [1.807, 2.05) is 7.05 Å². The first-order valence-electron chi connectivity index (χ1n) is 5.99. The second-order valence-electron chi connectivity index (χ2n) is 4.44. The summed E-state index contributed by atoms with van der Waals surface area (Å²) < 4.78 is 5.28. The molecule has 1 N–H and O–H groups in total. The summed E-state index contributed by atoms with van der Waals surface area (Å²) in [7, 11) is 1.88. The minimum Gasteiger partial charge on any atom is -0.381 e. The number of hydrogen-bond donors (Lipinski definition) is 1. The van der Waals surface area contributed by atoms with Crippen molar-refractivity contribution < 1.29 is 9.53 Å². The lowest BCUT2D eigenvalue weighted by molar-refractivity contribution is -0.128. The van der Waals surface area contributed by atoms with Crippen molar-refractivity contribution in [2.75, 3.05) is 20.3 Å². The fourth-order valence-electron chi connectivity index (χ4n) is 2.18. The summed E-state index contributed by atoms with van der Waals surface area (Å²) in [5, 5.41) is 3.16. The average Bonchev–Trinajstić information content (AvgIpc) is 2.30. The van der Waals surface area contributed by atoms with Crippen LogP contribution in [-0.2, 0) is 9.53 Å². The van der Waals surface area contributed by atoms with Gasteiger partial charge in [-0.05, 0) is 25.8 Å². The molecule has 0 aromatic carbocycles. The molecule has 0 bridgehead atoms. The first kappa shape index (κ1) is 12.7.